The van der Waals surface area contributed by atoms with Crippen LogP contribution >= 0.6 is 0 Å². The lowest BCUT2D eigenvalue weighted by Crippen LogP contribution is -2.30. The van der Waals surface area contributed by atoms with E-state index in [4.69, 9.17) is 0 Å². The van der Waals surface area contributed by atoms with Crippen molar-refractivity contribution in [3.05, 3.63) is 36.7 Å². The zero-order valence-corrected chi connectivity index (χ0v) is 8.78. The third-order valence-corrected chi connectivity index (χ3v) is 2.92. The fraction of sp³-hybridized carbons (Fsp3) is 0.417. The van der Waals surface area contributed by atoms with Crippen LogP contribution in [0.3, 0.4) is 0 Å². The van der Waals surface area contributed by atoms with Crippen LogP contribution in [-0.2, 0) is 0 Å². The van der Waals surface area contributed by atoms with E-state index in [9.17, 15) is 4.79 Å². The van der Waals surface area contributed by atoms with E-state index in [2.05, 4.69) is 16.5 Å². The van der Waals surface area contributed by atoms with Crippen LogP contribution in [0.25, 0.3) is 0 Å². The summed E-state index contributed by atoms with van der Waals surface area (Å²) in [6.07, 6.45) is 5.55. The molecule has 0 atom stereocenters. The van der Waals surface area contributed by atoms with Gasteiger partial charge in [-0.25, -0.2) is 0 Å². The Kier molecular flexibility index (Phi) is 3.02. The summed E-state index contributed by atoms with van der Waals surface area (Å²) in [5.41, 5.74) is 0.761. The Hall–Kier alpha value is -1.35. The zero-order chi connectivity index (χ0) is 10.7. The van der Waals surface area contributed by atoms with Crippen molar-refractivity contribution in [2.75, 3.05) is 13.1 Å². The topological polar surface area (TPSA) is 34.0 Å². The van der Waals surface area contributed by atoms with Crippen LogP contribution in [0.15, 0.2) is 31.0 Å². The van der Waals surface area contributed by atoms with Crippen molar-refractivity contribution >= 4 is 5.78 Å². The molecule has 0 unspecified atom stereocenters. The minimum absolute atomic E-state index is 0.0125. The molecule has 3 nitrogen and oxygen atoms in total. The maximum atomic E-state index is 11.6. The average molecular weight is 204 g/mol. The van der Waals surface area contributed by atoms with Crippen molar-refractivity contribution in [1.82, 2.24) is 9.88 Å². The number of hydrogen-bond acceptors (Lipinski definition) is 2. The van der Waals surface area contributed by atoms with Gasteiger partial charge in [0.2, 0.25) is 5.78 Å². The summed E-state index contributed by atoms with van der Waals surface area (Å²) in [6, 6.07) is 4.25. The molecule has 0 amide bonds. The van der Waals surface area contributed by atoms with Crippen LogP contribution in [0, 0.1) is 0 Å². The van der Waals surface area contributed by atoms with E-state index in [0.717, 1.165) is 31.6 Å². The molecule has 0 aromatic carbocycles. The first-order valence-electron chi connectivity index (χ1n) is 5.37. The van der Waals surface area contributed by atoms with E-state index in [1.54, 1.807) is 0 Å². The van der Waals surface area contributed by atoms with Gasteiger partial charge >= 0.3 is 0 Å². The third kappa shape index (κ3) is 2.02. The number of ketones is 1. The van der Waals surface area contributed by atoms with Crippen molar-refractivity contribution in [2.24, 2.45) is 0 Å². The Morgan fingerprint density at radius 1 is 1.53 bits per heavy atom. The fourth-order valence-corrected chi connectivity index (χ4v) is 2.11. The molecule has 1 aliphatic heterocycles. The van der Waals surface area contributed by atoms with Gasteiger partial charge in [0.25, 0.3) is 0 Å². The average Bonchev–Trinajstić information content (AvgIpc) is 2.78. The SMILES string of the molecule is C=CC(=O)c1cccn1C1CCNCC1. The van der Waals surface area contributed by atoms with Gasteiger partial charge in [-0.05, 0) is 44.1 Å². The van der Waals surface area contributed by atoms with Crippen molar-refractivity contribution in [3.63, 3.8) is 0 Å². The van der Waals surface area contributed by atoms with Gasteiger partial charge in [0, 0.05) is 12.2 Å². The normalized spacial score (nSPS) is 17.6. The molecule has 0 saturated carbocycles. The molecule has 1 fully saturated rings. The van der Waals surface area contributed by atoms with Crippen LogP contribution < -0.4 is 5.32 Å². The second-order valence-corrected chi connectivity index (χ2v) is 3.85. The van der Waals surface area contributed by atoms with Crippen LogP contribution in [0.4, 0.5) is 0 Å². The summed E-state index contributed by atoms with van der Waals surface area (Å²) in [5.74, 6) is 0.0125. The summed E-state index contributed by atoms with van der Waals surface area (Å²) < 4.78 is 2.09. The quantitative estimate of drug-likeness (QED) is 0.601. The summed E-state index contributed by atoms with van der Waals surface area (Å²) in [7, 11) is 0. The largest absolute Gasteiger partial charge is 0.342 e. The molecule has 1 saturated heterocycles. The zero-order valence-electron chi connectivity index (χ0n) is 8.78. The summed E-state index contributed by atoms with van der Waals surface area (Å²) >= 11 is 0. The first kappa shape index (κ1) is 10.2. The summed E-state index contributed by atoms with van der Waals surface area (Å²) in [4.78, 5) is 11.6. The van der Waals surface area contributed by atoms with E-state index < -0.39 is 0 Å². The highest BCUT2D eigenvalue weighted by Gasteiger charge is 2.18. The highest BCUT2D eigenvalue weighted by molar-refractivity contribution is 6.03. The lowest BCUT2D eigenvalue weighted by Gasteiger charge is -2.25. The number of hydrogen-bond donors (Lipinski definition) is 1. The molecule has 1 aromatic rings. The number of nitrogens with one attached hydrogen (secondary N) is 1. The Balaban J connectivity index is 2.23. The van der Waals surface area contributed by atoms with Gasteiger partial charge in [0.15, 0.2) is 0 Å². The molecular weight excluding hydrogens is 188 g/mol. The lowest BCUT2D eigenvalue weighted by molar-refractivity contribution is 0.103. The predicted molar refractivity (Wildman–Crippen MR) is 60.1 cm³/mol. The number of aromatic nitrogens is 1. The van der Waals surface area contributed by atoms with Gasteiger partial charge in [-0.3, -0.25) is 4.79 Å². The first-order valence-corrected chi connectivity index (χ1v) is 5.37. The van der Waals surface area contributed by atoms with E-state index >= 15 is 0 Å². The number of piperidine rings is 1. The number of nitrogens with zero attached hydrogens (tertiary/aromatic N) is 1. The highest BCUT2D eigenvalue weighted by Crippen LogP contribution is 2.21. The lowest BCUT2D eigenvalue weighted by atomic mass is 10.1. The number of carbonyl (C=O) groups excluding carboxylic acids is 1. The minimum atomic E-state index is 0.0125. The van der Waals surface area contributed by atoms with Crippen molar-refractivity contribution in [3.8, 4) is 0 Å². The van der Waals surface area contributed by atoms with Gasteiger partial charge in [-0.15, -0.1) is 0 Å². The second-order valence-electron chi connectivity index (χ2n) is 3.85. The van der Waals surface area contributed by atoms with Crippen LogP contribution in [-0.4, -0.2) is 23.4 Å². The Bertz CT molecular complexity index is 361. The molecule has 15 heavy (non-hydrogen) atoms. The molecule has 1 aromatic heterocycles. The number of carbonyl (C=O) groups is 1. The number of rotatable bonds is 3. The Morgan fingerprint density at radius 3 is 2.93 bits per heavy atom. The third-order valence-electron chi connectivity index (χ3n) is 2.92. The fourth-order valence-electron chi connectivity index (χ4n) is 2.11. The van der Waals surface area contributed by atoms with E-state index in [-0.39, 0.29) is 5.78 Å². The number of allylic oxidation sites excluding steroid dienone is 1. The van der Waals surface area contributed by atoms with Crippen molar-refractivity contribution in [2.45, 2.75) is 18.9 Å². The van der Waals surface area contributed by atoms with Crippen molar-refractivity contribution < 1.29 is 4.79 Å². The maximum Gasteiger partial charge on any atom is 0.201 e. The molecule has 80 valence electrons. The molecular formula is C12H16N2O. The molecule has 0 bridgehead atoms. The minimum Gasteiger partial charge on any atom is -0.342 e. The molecule has 1 N–H and O–H groups in total. The molecule has 0 radical (unpaired) electrons. The standard InChI is InChI=1S/C12H16N2O/c1-2-12(15)11-4-3-9-14(11)10-5-7-13-8-6-10/h2-4,9-10,13H,1,5-8H2. The summed E-state index contributed by atoms with van der Waals surface area (Å²) in [6.45, 7) is 5.59. The molecule has 0 aliphatic carbocycles. The molecule has 1 aliphatic rings. The molecule has 0 spiro atoms. The maximum absolute atomic E-state index is 11.6. The van der Waals surface area contributed by atoms with Gasteiger partial charge < -0.3 is 9.88 Å². The van der Waals surface area contributed by atoms with Gasteiger partial charge in [0.1, 0.15) is 0 Å². The first-order chi connectivity index (χ1) is 7.33. The van der Waals surface area contributed by atoms with E-state index in [1.165, 1.54) is 6.08 Å². The molecule has 2 rings (SSSR count). The molecule has 2 heterocycles. The second kappa shape index (κ2) is 4.45. The predicted octanol–water partition coefficient (Wildman–Crippen LogP) is 1.78. The molecule has 3 heteroatoms. The van der Waals surface area contributed by atoms with Gasteiger partial charge in [-0.1, -0.05) is 6.58 Å². The summed E-state index contributed by atoms with van der Waals surface area (Å²) in [5, 5.41) is 3.32. The van der Waals surface area contributed by atoms with Crippen LogP contribution in [0.2, 0.25) is 0 Å². The highest BCUT2D eigenvalue weighted by atomic mass is 16.1. The van der Waals surface area contributed by atoms with E-state index in [0.29, 0.717) is 6.04 Å². The Morgan fingerprint density at radius 2 is 2.27 bits per heavy atom. The van der Waals surface area contributed by atoms with Gasteiger partial charge in [-0.2, -0.15) is 0 Å². The van der Waals surface area contributed by atoms with Crippen molar-refractivity contribution in [1.29, 1.82) is 0 Å². The Labute approximate surface area is 89.8 Å². The monoisotopic (exact) mass is 204 g/mol. The van der Waals surface area contributed by atoms with E-state index in [1.807, 2.05) is 18.3 Å². The smallest absolute Gasteiger partial charge is 0.201 e. The van der Waals surface area contributed by atoms with Crippen LogP contribution in [0.5, 0.6) is 0 Å². The van der Waals surface area contributed by atoms with Gasteiger partial charge in [0.05, 0.1) is 5.69 Å². The van der Waals surface area contributed by atoms with Crippen LogP contribution in [0.1, 0.15) is 29.4 Å².